The summed E-state index contributed by atoms with van der Waals surface area (Å²) in [5.41, 5.74) is 5.77. The van der Waals surface area contributed by atoms with Gasteiger partial charge in [-0.05, 0) is 40.6 Å². The molecule has 3 heterocycles. The lowest BCUT2D eigenvalue weighted by Gasteiger charge is -2.29. The number of carbonyl (C=O) groups excluding carboxylic acids is 1. The van der Waals surface area contributed by atoms with E-state index >= 15 is 0 Å². The van der Waals surface area contributed by atoms with Crippen molar-refractivity contribution in [1.82, 2.24) is 9.47 Å². The minimum Gasteiger partial charge on any atom is -0.333 e. The minimum absolute atomic E-state index is 0.129. The Morgan fingerprint density at radius 2 is 1.74 bits per heavy atom. The second-order valence-electron chi connectivity index (χ2n) is 7.02. The summed E-state index contributed by atoms with van der Waals surface area (Å²) in [5.74, 6) is 0.129. The van der Waals surface area contributed by atoms with E-state index < -0.39 is 0 Å². The van der Waals surface area contributed by atoms with Gasteiger partial charge >= 0.3 is 0 Å². The smallest absolute Gasteiger partial charge is 0.270 e. The molecule has 0 radical (unpaired) electrons. The lowest BCUT2D eigenvalue weighted by molar-refractivity contribution is 0.0724. The SMILES string of the molecule is O=C(c1cc2sccc2n1Cc1ccccc1)N1CCc2ccccc2C1. The predicted molar refractivity (Wildman–Crippen MR) is 110 cm³/mol. The van der Waals surface area contributed by atoms with Gasteiger partial charge in [-0.15, -0.1) is 11.3 Å². The van der Waals surface area contributed by atoms with Crippen molar-refractivity contribution in [3.05, 3.63) is 94.5 Å². The summed E-state index contributed by atoms with van der Waals surface area (Å²) >= 11 is 1.69. The van der Waals surface area contributed by atoms with Crippen molar-refractivity contribution >= 4 is 27.5 Å². The summed E-state index contributed by atoms with van der Waals surface area (Å²) in [6, 6.07) is 23.0. The summed E-state index contributed by atoms with van der Waals surface area (Å²) in [5, 5.41) is 2.09. The fraction of sp³-hybridized carbons (Fsp3) is 0.174. The molecule has 2 aromatic carbocycles. The van der Waals surface area contributed by atoms with Crippen LogP contribution in [0.25, 0.3) is 10.2 Å². The molecule has 2 aromatic heterocycles. The molecule has 4 heteroatoms. The Morgan fingerprint density at radius 1 is 0.963 bits per heavy atom. The largest absolute Gasteiger partial charge is 0.333 e. The molecule has 0 bridgehead atoms. The summed E-state index contributed by atoms with van der Waals surface area (Å²) in [4.78, 5) is 15.4. The third kappa shape index (κ3) is 2.96. The van der Waals surface area contributed by atoms with Gasteiger partial charge in [0.1, 0.15) is 5.69 Å². The van der Waals surface area contributed by atoms with Gasteiger partial charge in [0.2, 0.25) is 0 Å². The van der Waals surface area contributed by atoms with Gasteiger partial charge in [-0.3, -0.25) is 4.79 Å². The van der Waals surface area contributed by atoms with E-state index in [1.54, 1.807) is 11.3 Å². The third-order valence-corrected chi connectivity index (χ3v) is 6.20. The Bertz CT molecular complexity index is 1110. The van der Waals surface area contributed by atoms with Crippen molar-refractivity contribution in [2.75, 3.05) is 6.54 Å². The van der Waals surface area contributed by atoms with E-state index in [1.165, 1.54) is 21.4 Å². The van der Waals surface area contributed by atoms with Crippen LogP contribution in [-0.4, -0.2) is 21.9 Å². The lowest BCUT2D eigenvalue weighted by atomic mass is 10.00. The Morgan fingerprint density at radius 3 is 2.59 bits per heavy atom. The maximum atomic E-state index is 13.4. The van der Waals surface area contributed by atoms with Crippen molar-refractivity contribution in [2.45, 2.75) is 19.5 Å². The molecule has 5 rings (SSSR count). The number of hydrogen-bond donors (Lipinski definition) is 0. The van der Waals surface area contributed by atoms with Crippen molar-refractivity contribution in [2.24, 2.45) is 0 Å². The number of fused-ring (bicyclic) bond motifs is 2. The number of amides is 1. The highest BCUT2D eigenvalue weighted by Crippen LogP contribution is 2.28. The highest BCUT2D eigenvalue weighted by molar-refractivity contribution is 7.17. The normalized spacial score (nSPS) is 13.7. The Hall–Kier alpha value is -2.85. The number of hydrogen-bond acceptors (Lipinski definition) is 2. The molecule has 0 saturated heterocycles. The number of rotatable bonds is 3. The Kier molecular flexibility index (Phi) is 4.06. The molecule has 1 aliphatic heterocycles. The van der Waals surface area contributed by atoms with Crippen molar-refractivity contribution in [3.63, 3.8) is 0 Å². The average molecular weight is 372 g/mol. The standard InChI is InChI=1S/C23H20N2OS/c26-23(24-12-10-18-8-4-5-9-19(18)16-24)21-14-22-20(11-13-27-22)25(21)15-17-6-2-1-3-7-17/h1-9,11,13-14H,10,12,15-16H2. The third-order valence-electron chi connectivity index (χ3n) is 5.34. The number of carbonyl (C=O) groups is 1. The zero-order valence-electron chi connectivity index (χ0n) is 15.0. The maximum absolute atomic E-state index is 13.4. The highest BCUT2D eigenvalue weighted by atomic mass is 32.1. The summed E-state index contributed by atoms with van der Waals surface area (Å²) in [6.07, 6.45) is 0.926. The molecule has 0 atom stereocenters. The second kappa shape index (κ2) is 6.71. The van der Waals surface area contributed by atoms with Gasteiger partial charge < -0.3 is 9.47 Å². The van der Waals surface area contributed by atoms with Crippen LogP contribution in [-0.2, 0) is 19.5 Å². The number of nitrogens with zero attached hydrogens (tertiary/aromatic N) is 2. The summed E-state index contributed by atoms with van der Waals surface area (Å²) in [6.45, 7) is 2.19. The molecule has 1 aliphatic rings. The van der Waals surface area contributed by atoms with Gasteiger partial charge in [-0.2, -0.15) is 0 Å². The molecule has 1 amide bonds. The first-order valence-corrected chi connectivity index (χ1v) is 10.1. The van der Waals surface area contributed by atoms with Crippen molar-refractivity contribution < 1.29 is 4.79 Å². The van der Waals surface area contributed by atoms with Crippen LogP contribution >= 0.6 is 11.3 Å². The topological polar surface area (TPSA) is 25.2 Å². The van der Waals surface area contributed by atoms with E-state index in [2.05, 4.69) is 58.5 Å². The molecule has 0 N–H and O–H groups in total. The Balaban J connectivity index is 1.50. The molecule has 0 saturated carbocycles. The molecule has 0 aliphatic carbocycles. The van der Waals surface area contributed by atoms with Gasteiger partial charge in [0, 0.05) is 19.6 Å². The van der Waals surface area contributed by atoms with Crippen LogP contribution in [0.2, 0.25) is 0 Å². The molecule has 0 spiro atoms. The van der Waals surface area contributed by atoms with Crippen LogP contribution in [0.4, 0.5) is 0 Å². The zero-order chi connectivity index (χ0) is 18.2. The fourth-order valence-electron chi connectivity index (χ4n) is 3.92. The van der Waals surface area contributed by atoms with E-state index in [4.69, 9.17) is 0 Å². The lowest BCUT2D eigenvalue weighted by Crippen LogP contribution is -2.37. The van der Waals surface area contributed by atoms with Gasteiger partial charge in [0.05, 0.1) is 10.2 Å². The zero-order valence-corrected chi connectivity index (χ0v) is 15.8. The van der Waals surface area contributed by atoms with Crippen molar-refractivity contribution in [3.8, 4) is 0 Å². The van der Waals surface area contributed by atoms with Crippen LogP contribution in [0.15, 0.2) is 72.1 Å². The van der Waals surface area contributed by atoms with Gasteiger partial charge in [-0.25, -0.2) is 0 Å². The van der Waals surface area contributed by atoms with E-state index in [1.807, 2.05) is 23.1 Å². The molecule has 0 fully saturated rings. The van der Waals surface area contributed by atoms with Gasteiger partial charge in [-0.1, -0.05) is 54.6 Å². The minimum atomic E-state index is 0.129. The second-order valence-corrected chi connectivity index (χ2v) is 7.96. The quantitative estimate of drug-likeness (QED) is 0.499. The average Bonchev–Trinajstić information content (AvgIpc) is 3.30. The monoisotopic (exact) mass is 372 g/mol. The van der Waals surface area contributed by atoms with Crippen LogP contribution in [0, 0.1) is 0 Å². The number of benzene rings is 2. The molecule has 27 heavy (non-hydrogen) atoms. The van der Waals surface area contributed by atoms with Crippen LogP contribution in [0.5, 0.6) is 0 Å². The molecular formula is C23H20N2OS. The van der Waals surface area contributed by atoms with Gasteiger partial charge in [0.25, 0.3) is 5.91 Å². The van der Waals surface area contributed by atoms with E-state index in [0.29, 0.717) is 13.1 Å². The predicted octanol–water partition coefficient (Wildman–Crippen LogP) is 4.95. The number of thiophene rings is 1. The molecular weight excluding hydrogens is 352 g/mol. The van der Waals surface area contributed by atoms with Crippen LogP contribution in [0.1, 0.15) is 27.2 Å². The molecule has 134 valence electrons. The first-order valence-electron chi connectivity index (χ1n) is 9.26. The Labute approximate surface area is 162 Å². The van der Waals surface area contributed by atoms with Crippen LogP contribution in [0.3, 0.4) is 0 Å². The molecule has 3 nitrogen and oxygen atoms in total. The summed E-state index contributed by atoms with van der Waals surface area (Å²) in [7, 11) is 0. The fourth-order valence-corrected chi connectivity index (χ4v) is 4.74. The number of aromatic nitrogens is 1. The molecule has 4 aromatic rings. The first kappa shape index (κ1) is 16.3. The highest BCUT2D eigenvalue weighted by Gasteiger charge is 2.25. The first-order chi connectivity index (χ1) is 13.3. The van der Waals surface area contributed by atoms with Crippen molar-refractivity contribution in [1.29, 1.82) is 0 Å². The van der Waals surface area contributed by atoms with E-state index in [0.717, 1.165) is 24.2 Å². The van der Waals surface area contributed by atoms with E-state index in [9.17, 15) is 4.79 Å². The van der Waals surface area contributed by atoms with Crippen LogP contribution < -0.4 is 0 Å². The summed E-state index contributed by atoms with van der Waals surface area (Å²) < 4.78 is 3.34. The van der Waals surface area contributed by atoms with Gasteiger partial charge in [0.15, 0.2) is 0 Å². The van der Waals surface area contributed by atoms with E-state index in [-0.39, 0.29) is 5.91 Å². The molecule has 0 unspecified atom stereocenters. The maximum Gasteiger partial charge on any atom is 0.270 e.